The van der Waals surface area contributed by atoms with E-state index in [1.807, 2.05) is 12.1 Å². The van der Waals surface area contributed by atoms with Crippen LogP contribution >= 0.6 is 35.6 Å². The van der Waals surface area contributed by atoms with Crippen molar-refractivity contribution in [1.29, 1.82) is 0 Å². The molecule has 0 aliphatic heterocycles. The van der Waals surface area contributed by atoms with Crippen LogP contribution in [0.4, 0.5) is 0 Å². The summed E-state index contributed by atoms with van der Waals surface area (Å²) in [6.45, 7) is 0. The van der Waals surface area contributed by atoms with Crippen LogP contribution in [-0.2, 0) is 19.5 Å². The van der Waals surface area contributed by atoms with E-state index in [1.54, 1.807) is 6.07 Å². The highest BCUT2D eigenvalue weighted by atomic mass is 32.2. The summed E-state index contributed by atoms with van der Waals surface area (Å²) >= 11 is 3.78. The van der Waals surface area contributed by atoms with Gasteiger partial charge in [-0.3, -0.25) is 4.55 Å². The van der Waals surface area contributed by atoms with E-state index in [0.29, 0.717) is 21.3 Å². The summed E-state index contributed by atoms with van der Waals surface area (Å²) in [7, 11) is -4.26. The van der Waals surface area contributed by atoms with Gasteiger partial charge in [-0.1, -0.05) is 28.6 Å². The molecule has 0 atom stereocenters. The molecule has 0 saturated carbocycles. The topological polar surface area (TPSA) is 150 Å². The van der Waals surface area contributed by atoms with Gasteiger partial charge in [0.15, 0.2) is 10.3 Å². The Morgan fingerprint density at radius 3 is 2.21 bits per heavy atom. The van der Waals surface area contributed by atoms with Gasteiger partial charge in [0.2, 0.25) is 0 Å². The minimum atomic E-state index is -4.26. The molecule has 29 heavy (non-hydrogen) atoms. The number of thioether (sulfide) groups is 2. The predicted octanol–water partition coefficient (Wildman–Crippen LogP) is 3.96. The zero-order valence-corrected chi connectivity index (χ0v) is 17.5. The molecule has 10 nitrogen and oxygen atoms in total. The van der Waals surface area contributed by atoms with E-state index in [0.717, 1.165) is 33.1 Å². The summed E-state index contributed by atoms with van der Waals surface area (Å²) in [5.74, 6) is 0. The van der Waals surface area contributed by atoms with Crippen LogP contribution < -0.4 is 0 Å². The molecule has 14 heteroatoms. The third kappa shape index (κ3) is 4.87. The van der Waals surface area contributed by atoms with Crippen LogP contribution in [0.1, 0.15) is 0 Å². The monoisotopic (exact) mass is 472 g/mol. The van der Waals surface area contributed by atoms with Gasteiger partial charge in [-0.2, -0.15) is 8.42 Å². The van der Waals surface area contributed by atoms with Crippen LogP contribution in [0.2, 0.25) is 0 Å². The second kappa shape index (κ2) is 8.53. The van der Waals surface area contributed by atoms with Crippen molar-refractivity contribution in [3.8, 4) is 0 Å². The lowest BCUT2D eigenvalue weighted by Crippen LogP contribution is -1.97. The Labute approximate surface area is 176 Å². The molecule has 0 spiro atoms. The lowest BCUT2D eigenvalue weighted by atomic mass is 10.3. The summed E-state index contributed by atoms with van der Waals surface area (Å²) < 4.78 is 36.0. The Morgan fingerprint density at radius 2 is 1.59 bits per heavy atom. The number of aromatic amines is 2. The van der Waals surface area contributed by atoms with Crippen molar-refractivity contribution in [2.45, 2.75) is 20.1 Å². The highest BCUT2D eigenvalue weighted by Crippen LogP contribution is 2.29. The molecule has 0 aliphatic carbocycles. The summed E-state index contributed by atoms with van der Waals surface area (Å²) in [6.07, 6.45) is 0. The average Bonchev–Trinajstić information content (AvgIpc) is 3.27. The number of hydrogen-bond donors (Lipinski definition) is 4. The van der Waals surface area contributed by atoms with Crippen molar-refractivity contribution in [3.63, 3.8) is 0 Å². The maximum atomic E-state index is 11.2. The molecule has 4 N–H and O–H groups in total. The van der Waals surface area contributed by atoms with Crippen LogP contribution in [0.3, 0.4) is 0 Å². The first kappa shape index (κ1) is 20.5. The van der Waals surface area contributed by atoms with Gasteiger partial charge in [0.05, 0.1) is 44.1 Å². The fourth-order valence-corrected chi connectivity index (χ4v) is 5.20. The molecule has 152 valence electrons. The smallest absolute Gasteiger partial charge is 0.294 e. The van der Waals surface area contributed by atoms with Crippen molar-refractivity contribution in [3.05, 3.63) is 36.4 Å². The highest BCUT2D eigenvalue weighted by Gasteiger charge is 2.12. The molecule has 0 saturated heterocycles. The Balaban J connectivity index is 1.41. The first-order valence-corrected chi connectivity index (χ1v) is 11.9. The molecule has 0 aliphatic rings. The lowest BCUT2D eigenvalue weighted by molar-refractivity contribution is -0.432. The maximum Gasteiger partial charge on any atom is 0.294 e. The molecule has 2 aromatic heterocycles. The zero-order valence-electron chi connectivity index (χ0n) is 14.2. The fourth-order valence-electron chi connectivity index (χ4n) is 2.48. The van der Waals surface area contributed by atoms with Crippen molar-refractivity contribution in [2.75, 3.05) is 5.08 Å². The Morgan fingerprint density at radius 1 is 0.966 bits per heavy atom. The first-order valence-electron chi connectivity index (χ1n) is 7.80. The second-order valence-electron chi connectivity index (χ2n) is 5.55. The molecule has 0 radical (unpaired) electrons. The van der Waals surface area contributed by atoms with Crippen molar-refractivity contribution >= 4 is 67.8 Å². The maximum absolute atomic E-state index is 11.2. The van der Waals surface area contributed by atoms with E-state index in [2.05, 4.69) is 29.3 Å². The molecule has 0 fully saturated rings. The summed E-state index contributed by atoms with van der Waals surface area (Å²) in [5, 5.41) is 13.7. The molecule has 4 rings (SSSR count). The minimum Gasteiger partial charge on any atom is -0.333 e. The predicted molar refractivity (Wildman–Crippen MR) is 109 cm³/mol. The molecule has 4 aromatic rings. The normalized spacial score (nSPS) is 12.2. The Kier molecular flexibility index (Phi) is 6.03. The highest BCUT2D eigenvalue weighted by molar-refractivity contribution is 8.15. The number of hydrogen-bond acceptors (Lipinski definition) is 10. The van der Waals surface area contributed by atoms with Gasteiger partial charge in [0, 0.05) is 4.90 Å². The standard InChI is InChI=1S/C15H12N4O6S4/c20-24-25-28-8-1-3-10-12(5-8)18-14(16-10)26-7-27-15-17-11-4-2-9(29(21,22)23)6-13(11)19-15/h1-6,20H,7H2,(H,16,18)(H,17,19)(H,21,22,23). The van der Waals surface area contributed by atoms with Crippen molar-refractivity contribution in [1.82, 2.24) is 19.9 Å². The van der Waals surface area contributed by atoms with E-state index in [1.165, 1.54) is 41.7 Å². The number of benzene rings is 2. The van der Waals surface area contributed by atoms with Crippen LogP contribution in [-0.4, -0.2) is 43.2 Å². The molecule has 0 amide bonds. The average molecular weight is 473 g/mol. The van der Waals surface area contributed by atoms with Crippen LogP contribution in [0.15, 0.2) is 56.5 Å². The van der Waals surface area contributed by atoms with Gasteiger partial charge in [-0.25, -0.2) is 15.2 Å². The molecule has 2 heterocycles. The van der Waals surface area contributed by atoms with Crippen LogP contribution in [0.25, 0.3) is 22.1 Å². The second-order valence-corrected chi connectivity index (χ2v) is 10.0. The van der Waals surface area contributed by atoms with Crippen LogP contribution in [0.5, 0.6) is 0 Å². The third-order valence-electron chi connectivity index (χ3n) is 3.71. The minimum absolute atomic E-state index is 0.185. The lowest BCUT2D eigenvalue weighted by Gasteiger charge is -1.96. The van der Waals surface area contributed by atoms with Gasteiger partial charge in [-0.05, 0) is 36.4 Å². The largest absolute Gasteiger partial charge is 0.333 e. The van der Waals surface area contributed by atoms with E-state index in [9.17, 15) is 8.42 Å². The van der Waals surface area contributed by atoms with E-state index < -0.39 is 10.1 Å². The SMILES string of the molecule is O=S(=O)(O)c1ccc2nc(SCSc3nc4ccc(SOOO)cc4[nH]3)[nH]c2c1. The summed E-state index contributed by atoms with van der Waals surface area (Å²) in [5.41, 5.74) is 2.72. The Hall–Kier alpha value is -1.78. The molecular weight excluding hydrogens is 460 g/mol. The van der Waals surface area contributed by atoms with Crippen molar-refractivity contribution < 1.29 is 27.6 Å². The molecular formula is C15H12N4O6S4. The van der Waals surface area contributed by atoms with Crippen molar-refractivity contribution in [2.24, 2.45) is 0 Å². The zero-order chi connectivity index (χ0) is 20.4. The van der Waals surface area contributed by atoms with Gasteiger partial charge >= 0.3 is 0 Å². The molecule has 0 unspecified atom stereocenters. The van der Waals surface area contributed by atoms with Gasteiger partial charge in [0.25, 0.3) is 10.1 Å². The number of fused-ring (bicyclic) bond motifs is 2. The number of rotatable bonds is 8. The number of nitrogens with zero attached hydrogens (tertiary/aromatic N) is 2. The molecule has 0 bridgehead atoms. The van der Waals surface area contributed by atoms with Gasteiger partial charge < -0.3 is 9.97 Å². The van der Waals surface area contributed by atoms with Gasteiger partial charge in [0.1, 0.15) is 0 Å². The number of imidazole rings is 2. The molecule has 2 aromatic carbocycles. The van der Waals surface area contributed by atoms with E-state index in [-0.39, 0.29) is 4.90 Å². The number of aromatic nitrogens is 4. The van der Waals surface area contributed by atoms with E-state index in [4.69, 9.17) is 9.81 Å². The van der Waals surface area contributed by atoms with Gasteiger partial charge in [-0.15, -0.1) is 4.33 Å². The third-order valence-corrected chi connectivity index (χ3v) is 7.01. The Bertz CT molecular complexity index is 1270. The van der Waals surface area contributed by atoms with E-state index >= 15 is 0 Å². The fraction of sp³-hybridized carbons (Fsp3) is 0.0667. The quantitative estimate of drug-likeness (QED) is 0.0736. The summed E-state index contributed by atoms with van der Waals surface area (Å²) in [4.78, 5) is 15.6. The summed E-state index contributed by atoms with van der Waals surface area (Å²) in [6, 6.07) is 9.60. The van der Waals surface area contributed by atoms with Crippen LogP contribution in [0, 0.1) is 0 Å². The first-order chi connectivity index (χ1) is 13.9. The number of H-pyrrole nitrogens is 2. The number of nitrogens with one attached hydrogen (secondary N) is 2.